The lowest BCUT2D eigenvalue weighted by Gasteiger charge is -2.40. The number of carbonyl (C=O) groups excluding carboxylic acids is 2. The van der Waals surface area contributed by atoms with E-state index in [-0.39, 0.29) is 41.9 Å². The third-order valence-corrected chi connectivity index (χ3v) is 11.9. The summed E-state index contributed by atoms with van der Waals surface area (Å²) in [6.45, 7) is 3.90. The summed E-state index contributed by atoms with van der Waals surface area (Å²) in [6, 6.07) is 8.94. The van der Waals surface area contributed by atoms with Gasteiger partial charge in [-0.3, -0.25) is 4.79 Å². The molecule has 2 aromatic rings. The molecule has 1 saturated carbocycles. The normalized spacial score (nSPS) is 22.8. The number of halogens is 2. The number of ether oxygens (including phenoxy) is 2. The van der Waals surface area contributed by atoms with Crippen LogP contribution in [0, 0.1) is 17.6 Å². The second kappa shape index (κ2) is 14.7. The summed E-state index contributed by atoms with van der Waals surface area (Å²) in [4.78, 5) is 26.7. The molecule has 3 aliphatic rings. The minimum Gasteiger partial charge on any atom is -0.453 e. The minimum atomic E-state index is -3.44. The first-order valence-corrected chi connectivity index (χ1v) is 17.3. The van der Waals surface area contributed by atoms with Gasteiger partial charge < -0.3 is 20.1 Å². The molecule has 0 spiro atoms. The first-order valence-electron chi connectivity index (χ1n) is 15.8. The molecular formula is C33H43F2N3O6S. The molecule has 2 heterocycles. The fourth-order valence-electron chi connectivity index (χ4n) is 6.94. The smallest absolute Gasteiger partial charge is 0.407 e. The molecule has 12 heteroatoms. The Kier molecular flexibility index (Phi) is 10.9. The van der Waals surface area contributed by atoms with Gasteiger partial charge in [0.15, 0.2) is 5.78 Å². The highest BCUT2D eigenvalue weighted by atomic mass is 32.2. The number of nitrogens with zero attached hydrogens (tertiary/aromatic N) is 1. The second-order valence-electron chi connectivity index (χ2n) is 12.4. The van der Waals surface area contributed by atoms with Crippen molar-refractivity contribution >= 4 is 21.9 Å². The Bertz CT molecular complexity index is 1450. The molecule has 4 atom stereocenters. The number of benzene rings is 2. The van der Waals surface area contributed by atoms with Crippen molar-refractivity contribution in [2.24, 2.45) is 5.92 Å². The molecule has 2 N–H and O–H groups in total. The summed E-state index contributed by atoms with van der Waals surface area (Å²) in [6.07, 6.45) is 2.31. The Hall–Kier alpha value is -2.93. The molecule has 1 amide bonds. The Labute approximate surface area is 264 Å². The molecule has 0 bridgehead atoms. The van der Waals surface area contributed by atoms with Crippen LogP contribution in [0.25, 0.3) is 0 Å². The first-order chi connectivity index (χ1) is 21.6. The maximum atomic E-state index is 15.4. The Balaban J connectivity index is 1.41. The maximum Gasteiger partial charge on any atom is 0.407 e. The number of rotatable bonds is 12. The van der Waals surface area contributed by atoms with E-state index in [2.05, 4.69) is 10.6 Å². The van der Waals surface area contributed by atoms with Gasteiger partial charge in [-0.05, 0) is 86.3 Å². The highest BCUT2D eigenvalue weighted by Crippen LogP contribution is 2.37. The standard InChI is InChI=1S/C33H43F2N3O6S/c1-21-19-36-20-26(38(21)45(41,42)27-11-12-27)10-13-28-24(4-3-5-29(28)35)18-30(39)32(37-33(40)43-2)31(23-14-16-44-17-15-23)22-6-8-25(34)9-7-22/h3-9,21,23,26-27,31-32,36H,10-20H2,1-2H3,(H,37,40)/t21-,26-,31-,32+/m0/s1. The lowest BCUT2D eigenvalue weighted by molar-refractivity contribution is -0.121. The Morgan fingerprint density at radius 2 is 1.78 bits per heavy atom. The van der Waals surface area contributed by atoms with E-state index in [0.717, 1.165) is 0 Å². The average molecular weight is 648 g/mol. The third-order valence-electron chi connectivity index (χ3n) is 9.36. The van der Waals surface area contributed by atoms with Crippen LogP contribution in [0.2, 0.25) is 0 Å². The molecule has 2 saturated heterocycles. The van der Waals surface area contributed by atoms with E-state index in [4.69, 9.17) is 9.47 Å². The SMILES string of the molecule is COC(=O)N[C@H](C(=O)Cc1cccc(F)c1CC[C@H]1CNC[C@H](C)N1S(=O)(=O)C1CC1)[C@@H](c1ccc(F)cc1)C1CCOCC1. The number of piperazine rings is 1. The molecular weight excluding hydrogens is 604 g/mol. The van der Waals surface area contributed by atoms with Crippen LogP contribution in [-0.4, -0.2) is 81.4 Å². The number of carbonyl (C=O) groups is 2. The van der Waals surface area contributed by atoms with E-state index in [9.17, 15) is 22.4 Å². The van der Waals surface area contributed by atoms with Crippen LogP contribution in [-0.2, 0) is 37.1 Å². The fraction of sp³-hybridized carbons (Fsp3) is 0.576. The summed E-state index contributed by atoms with van der Waals surface area (Å²) in [7, 11) is -2.23. The summed E-state index contributed by atoms with van der Waals surface area (Å²) in [5.74, 6) is -1.75. The summed E-state index contributed by atoms with van der Waals surface area (Å²) in [5.41, 5.74) is 1.54. The molecule has 5 rings (SSSR count). The highest BCUT2D eigenvalue weighted by molar-refractivity contribution is 7.90. The monoisotopic (exact) mass is 647 g/mol. The molecule has 0 radical (unpaired) electrons. The van der Waals surface area contributed by atoms with Crippen molar-refractivity contribution in [2.45, 2.75) is 81.2 Å². The number of Topliss-reactive ketones (excluding diaryl/α,β-unsaturated/α-hetero) is 1. The number of methoxy groups -OCH3 is 1. The van der Waals surface area contributed by atoms with Crippen LogP contribution in [0.1, 0.15) is 61.6 Å². The van der Waals surface area contributed by atoms with Crippen molar-refractivity contribution in [3.05, 3.63) is 70.8 Å². The molecule has 9 nitrogen and oxygen atoms in total. The molecule has 246 valence electrons. The van der Waals surface area contributed by atoms with Gasteiger partial charge in [0.1, 0.15) is 11.6 Å². The van der Waals surface area contributed by atoms with E-state index in [1.165, 1.54) is 25.3 Å². The summed E-state index contributed by atoms with van der Waals surface area (Å²) in [5, 5.41) is 5.70. The predicted octanol–water partition coefficient (Wildman–Crippen LogP) is 4.10. The molecule has 0 aromatic heterocycles. The lowest BCUT2D eigenvalue weighted by atomic mass is 9.74. The van der Waals surface area contributed by atoms with Crippen LogP contribution in [0.3, 0.4) is 0 Å². The lowest BCUT2D eigenvalue weighted by Crippen LogP contribution is -2.59. The number of amides is 1. The molecule has 0 unspecified atom stereocenters. The number of hydrogen-bond acceptors (Lipinski definition) is 7. The number of nitrogens with one attached hydrogen (secondary N) is 2. The van der Waals surface area contributed by atoms with Crippen LogP contribution in [0.15, 0.2) is 42.5 Å². The second-order valence-corrected chi connectivity index (χ2v) is 14.6. The number of hydrogen-bond donors (Lipinski definition) is 2. The molecule has 2 aliphatic heterocycles. The average Bonchev–Trinajstić information content (AvgIpc) is 3.88. The quantitative estimate of drug-likeness (QED) is 0.357. The molecule has 1 aliphatic carbocycles. The van der Waals surface area contributed by atoms with Gasteiger partial charge in [0, 0.05) is 50.7 Å². The van der Waals surface area contributed by atoms with Crippen molar-refractivity contribution in [1.29, 1.82) is 0 Å². The van der Waals surface area contributed by atoms with E-state index in [1.54, 1.807) is 28.6 Å². The number of ketones is 1. The van der Waals surface area contributed by atoms with E-state index in [1.807, 2.05) is 6.92 Å². The number of alkyl carbamates (subject to hydrolysis) is 1. The van der Waals surface area contributed by atoms with Crippen molar-refractivity contribution in [3.8, 4) is 0 Å². The van der Waals surface area contributed by atoms with Crippen LogP contribution in [0.4, 0.5) is 13.6 Å². The zero-order chi connectivity index (χ0) is 32.1. The molecule has 3 fully saturated rings. The predicted molar refractivity (Wildman–Crippen MR) is 165 cm³/mol. The summed E-state index contributed by atoms with van der Waals surface area (Å²) >= 11 is 0. The van der Waals surface area contributed by atoms with E-state index >= 15 is 4.39 Å². The first kappa shape index (κ1) is 33.4. The van der Waals surface area contributed by atoms with Gasteiger partial charge in [0.05, 0.1) is 18.4 Å². The van der Waals surface area contributed by atoms with Crippen molar-refractivity contribution < 1.29 is 36.3 Å². The Morgan fingerprint density at radius 1 is 1.07 bits per heavy atom. The zero-order valence-electron chi connectivity index (χ0n) is 25.8. The van der Waals surface area contributed by atoms with Crippen LogP contribution < -0.4 is 10.6 Å². The number of sulfonamides is 1. The van der Waals surface area contributed by atoms with Gasteiger partial charge in [0.25, 0.3) is 0 Å². The van der Waals surface area contributed by atoms with Gasteiger partial charge in [0.2, 0.25) is 10.0 Å². The third kappa shape index (κ3) is 7.90. The largest absolute Gasteiger partial charge is 0.453 e. The highest BCUT2D eigenvalue weighted by Gasteiger charge is 2.46. The fourth-order valence-corrected chi connectivity index (χ4v) is 9.18. The van der Waals surface area contributed by atoms with Crippen molar-refractivity contribution in [3.63, 3.8) is 0 Å². The van der Waals surface area contributed by atoms with Crippen LogP contribution >= 0.6 is 0 Å². The topological polar surface area (TPSA) is 114 Å². The Morgan fingerprint density at radius 3 is 2.44 bits per heavy atom. The van der Waals surface area contributed by atoms with Gasteiger partial charge in [-0.25, -0.2) is 22.0 Å². The van der Waals surface area contributed by atoms with Gasteiger partial charge in [-0.1, -0.05) is 24.3 Å². The van der Waals surface area contributed by atoms with Crippen molar-refractivity contribution in [1.82, 2.24) is 14.9 Å². The molecule has 45 heavy (non-hydrogen) atoms. The molecule has 2 aromatic carbocycles. The summed E-state index contributed by atoms with van der Waals surface area (Å²) < 4.78 is 67.9. The van der Waals surface area contributed by atoms with Crippen molar-refractivity contribution in [2.75, 3.05) is 33.4 Å². The van der Waals surface area contributed by atoms with Gasteiger partial charge >= 0.3 is 6.09 Å². The minimum absolute atomic E-state index is 0.0394. The van der Waals surface area contributed by atoms with E-state index in [0.29, 0.717) is 75.1 Å². The zero-order valence-corrected chi connectivity index (χ0v) is 26.7. The van der Waals surface area contributed by atoms with E-state index < -0.39 is 39.7 Å². The van der Waals surface area contributed by atoms with Crippen LogP contribution in [0.5, 0.6) is 0 Å². The van der Waals surface area contributed by atoms with Gasteiger partial charge in [-0.2, -0.15) is 4.31 Å². The van der Waals surface area contributed by atoms with Gasteiger partial charge in [-0.15, -0.1) is 0 Å². The maximum absolute atomic E-state index is 15.4.